The van der Waals surface area contributed by atoms with E-state index in [1.807, 2.05) is 13.0 Å². The third kappa shape index (κ3) is 18.9. The number of aliphatic hydroxyl groups is 12. The molecule has 4 rings (SSSR count). The molecule has 0 aromatic heterocycles. The van der Waals surface area contributed by atoms with Crippen LogP contribution in [0.3, 0.4) is 0 Å². The number of carboxylic acid groups (broad SMARTS) is 1. The Balaban J connectivity index is 0.000000542. The summed E-state index contributed by atoms with van der Waals surface area (Å²) in [7, 11) is 4.85. The number of rotatable bonds is 18. The SMILES string of the molecule is CCC(=O)O[C@H]1[C@H](C)O[C@@H](O[C@H]2[C@H](N(C)C)[C@@H](O)C(O[C@H]3[C@@H](CC=O)C[C@@H](C)[C@@H](O)/C=C/C=C/C[C@@H](C)OC(=O)C[C@H](O)[C@@H]3OC)O[C@@H]2C)C[C@@]1(C)O.O=C(O)[C@H](O)[C@@H](O)[C@H](O[C@@H]1O[C@H](CO)[C@H](O)[C@H](O)[C@H]1O)[C@H](O)CO. The number of aliphatic hydroxyl groups excluding tert-OH is 11. The van der Waals surface area contributed by atoms with Gasteiger partial charge < -0.3 is 119 Å². The average Bonchev–Trinajstić information content (AvgIpc) is 3.36. The minimum atomic E-state index is -2.39. The molecule has 0 saturated carbocycles. The van der Waals surface area contributed by atoms with Crippen molar-refractivity contribution >= 4 is 24.2 Å². The summed E-state index contributed by atoms with van der Waals surface area (Å²) in [4.78, 5) is 49.5. The van der Waals surface area contributed by atoms with Gasteiger partial charge in [-0.15, -0.1) is 0 Å². The molecule has 0 bridgehead atoms. The molecule has 4 aliphatic rings. The van der Waals surface area contributed by atoms with E-state index in [0.29, 0.717) is 12.7 Å². The number of allylic oxidation sites excluding steroid dienone is 2. The molecule has 3 fully saturated rings. The van der Waals surface area contributed by atoms with E-state index < -0.39 is 184 Å². The normalized spacial score (nSPS) is 41.1. The van der Waals surface area contributed by atoms with Crippen LogP contribution in [0.25, 0.3) is 0 Å². The first-order valence-corrected chi connectivity index (χ1v) is 25.7. The number of cyclic esters (lactones) is 1. The Morgan fingerprint density at radius 1 is 0.883 bits per heavy atom. The van der Waals surface area contributed by atoms with Crippen LogP contribution in [-0.4, -0.2) is 270 Å². The third-order valence-corrected chi connectivity index (χ3v) is 14.0. The van der Waals surface area contributed by atoms with Crippen molar-refractivity contribution < 1.29 is 128 Å². The van der Waals surface area contributed by atoms with Crippen LogP contribution in [-0.2, 0) is 61.8 Å². The van der Waals surface area contributed by atoms with Crippen molar-refractivity contribution in [2.45, 2.75) is 220 Å². The van der Waals surface area contributed by atoms with Gasteiger partial charge in [-0.3, -0.25) is 9.59 Å². The number of likely N-dealkylation sites (N-methyl/N-ethyl adjacent to an activating group) is 1. The van der Waals surface area contributed by atoms with Gasteiger partial charge in [0.1, 0.15) is 79.0 Å². The van der Waals surface area contributed by atoms with Gasteiger partial charge in [-0.2, -0.15) is 0 Å². The summed E-state index contributed by atoms with van der Waals surface area (Å²) in [6.45, 7) is 8.42. The van der Waals surface area contributed by atoms with Crippen LogP contribution in [0.1, 0.15) is 80.1 Å². The second-order valence-corrected chi connectivity index (χ2v) is 20.5. The largest absolute Gasteiger partial charge is 0.479 e. The number of ether oxygens (including phenoxy) is 9. The fourth-order valence-corrected chi connectivity index (χ4v) is 9.64. The molecular weight excluding hydrogens is 1030 g/mol. The highest BCUT2D eigenvalue weighted by atomic mass is 16.7. The molecule has 0 spiro atoms. The molecule has 4 heterocycles. The highest BCUT2D eigenvalue weighted by Gasteiger charge is 2.53. The van der Waals surface area contributed by atoms with Crippen molar-refractivity contribution in [3.8, 4) is 0 Å². The fourth-order valence-electron chi connectivity index (χ4n) is 9.64. The van der Waals surface area contributed by atoms with E-state index in [1.54, 1.807) is 71.8 Å². The smallest absolute Gasteiger partial charge is 0.335 e. The molecule has 0 aromatic carbocycles. The number of nitrogens with zero attached hydrogens (tertiary/aromatic N) is 1. The van der Waals surface area contributed by atoms with E-state index in [0.717, 1.165) is 0 Å². The predicted molar refractivity (Wildman–Crippen MR) is 263 cm³/mol. The molecule has 3 saturated heterocycles. The molecule has 77 heavy (non-hydrogen) atoms. The number of esters is 2. The van der Waals surface area contributed by atoms with Crippen molar-refractivity contribution in [1.82, 2.24) is 4.90 Å². The zero-order chi connectivity index (χ0) is 58.2. The lowest BCUT2D eigenvalue weighted by molar-refractivity contribution is -0.344. The van der Waals surface area contributed by atoms with Crippen LogP contribution in [0, 0.1) is 11.8 Å². The van der Waals surface area contributed by atoms with Gasteiger partial charge >= 0.3 is 17.9 Å². The van der Waals surface area contributed by atoms with Crippen molar-refractivity contribution in [3.05, 3.63) is 24.3 Å². The van der Waals surface area contributed by atoms with Gasteiger partial charge in [0, 0.05) is 32.8 Å². The zero-order valence-corrected chi connectivity index (χ0v) is 45.0. The molecule has 0 amide bonds. The highest BCUT2D eigenvalue weighted by Crippen LogP contribution is 2.38. The summed E-state index contributed by atoms with van der Waals surface area (Å²) < 4.78 is 52.0. The topological polar surface area (TPSA) is 418 Å². The Labute approximate surface area is 447 Å². The minimum Gasteiger partial charge on any atom is -0.479 e. The Hall–Kier alpha value is -3.24. The summed E-state index contributed by atoms with van der Waals surface area (Å²) in [6.07, 6.45) is -20.9. The molecule has 1 unspecified atom stereocenters. The Bertz CT molecular complexity index is 1860. The molecule has 0 radical (unpaired) electrons. The molecule has 27 nitrogen and oxygen atoms in total. The number of methoxy groups -OCH3 is 1. The summed E-state index contributed by atoms with van der Waals surface area (Å²) >= 11 is 0. The number of aldehydes is 1. The lowest BCUT2D eigenvalue weighted by Gasteiger charge is -2.50. The van der Waals surface area contributed by atoms with Gasteiger partial charge in [0.2, 0.25) is 0 Å². The van der Waals surface area contributed by atoms with Crippen LogP contribution < -0.4 is 0 Å². The van der Waals surface area contributed by atoms with Gasteiger partial charge in [-0.05, 0) is 60.0 Å². The molecule has 0 aliphatic carbocycles. The van der Waals surface area contributed by atoms with Crippen LogP contribution in [0.4, 0.5) is 0 Å². The first-order chi connectivity index (χ1) is 36.1. The summed E-state index contributed by atoms with van der Waals surface area (Å²) in [5.74, 6) is -3.98. The number of carboxylic acids is 1. The monoisotopic (exact) mass is 1120 g/mol. The quantitative estimate of drug-likeness (QED) is 0.0461. The van der Waals surface area contributed by atoms with E-state index in [-0.39, 0.29) is 31.6 Å². The van der Waals surface area contributed by atoms with Crippen molar-refractivity contribution in [1.29, 1.82) is 0 Å². The predicted octanol–water partition coefficient (Wildman–Crippen LogP) is -3.86. The Morgan fingerprint density at radius 2 is 1.55 bits per heavy atom. The molecule has 4 aliphatic heterocycles. The van der Waals surface area contributed by atoms with Gasteiger partial charge in [-0.1, -0.05) is 38.2 Å². The summed E-state index contributed by atoms with van der Waals surface area (Å²) in [5.41, 5.74) is -1.47. The number of hydrogen-bond acceptors (Lipinski definition) is 26. The molecule has 13 N–H and O–H groups in total. The van der Waals surface area contributed by atoms with Crippen LogP contribution in [0.15, 0.2) is 24.3 Å². The van der Waals surface area contributed by atoms with E-state index in [4.69, 9.17) is 58.0 Å². The van der Waals surface area contributed by atoms with E-state index >= 15 is 0 Å². The van der Waals surface area contributed by atoms with Gasteiger partial charge in [0.05, 0.1) is 56.2 Å². The van der Waals surface area contributed by atoms with Crippen LogP contribution >= 0.6 is 0 Å². The Kier molecular flexibility index (Phi) is 28.0. The van der Waals surface area contributed by atoms with E-state index in [2.05, 4.69) is 0 Å². The van der Waals surface area contributed by atoms with Crippen molar-refractivity contribution in [3.63, 3.8) is 0 Å². The second-order valence-electron chi connectivity index (χ2n) is 20.5. The zero-order valence-electron chi connectivity index (χ0n) is 45.0. The molecular formula is C50H85NO26. The number of hydrogen-bond donors (Lipinski definition) is 13. The minimum absolute atomic E-state index is 0.0298. The third-order valence-electron chi connectivity index (χ3n) is 14.0. The molecule has 0 aromatic rings. The molecule has 25 atom stereocenters. The Morgan fingerprint density at radius 3 is 2.10 bits per heavy atom. The lowest BCUT2D eigenvalue weighted by Crippen LogP contribution is -2.66. The van der Waals surface area contributed by atoms with Gasteiger partial charge in [0.15, 0.2) is 31.1 Å². The number of aliphatic carboxylic acids is 1. The first kappa shape index (κ1) is 68.0. The van der Waals surface area contributed by atoms with Crippen LogP contribution in [0.2, 0.25) is 0 Å². The number of carbonyl (C=O) groups is 4. The van der Waals surface area contributed by atoms with E-state index in [1.165, 1.54) is 7.11 Å². The van der Waals surface area contributed by atoms with Crippen molar-refractivity contribution in [2.24, 2.45) is 11.8 Å². The standard InChI is InChI=1S/C38H63NO14.C12H22O12/c1-10-28(43)51-36-24(5)49-30(20-38(36,6)46)52-33-23(4)50-37(32(45)31(33)39(7)8)53-34-25(16-17-40)18-21(2)26(41)15-13-11-12-14-22(3)48-29(44)19-27(42)35(34)47-9;13-1-3(15)10(7(18)8(19)11(21)22)24-12-9(20)6(17)5(16)4(2-14)23-12/h11-13,15,17,21-27,30-37,41-42,45-46H,10,14,16,18-20H2,1-9H3;3-10,12-20H,1-2H2,(H,21,22)/b12-11+,15-13+;/t21-,22-,23-,24+,25+,26+,27+,30+,31-,32-,33-,34+,35+,36+,37?,38-;3-,4-,5+,6+,7-,8-,9-,10-,12+/m11/s1. The lowest BCUT2D eigenvalue weighted by atomic mass is 9.82. The fraction of sp³-hybridized carbons (Fsp3) is 0.840. The maximum atomic E-state index is 12.9. The van der Waals surface area contributed by atoms with Gasteiger partial charge in [0.25, 0.3) is 0 Å². The average molecular weight is 1120 g/mol. The maximum Gasteiger partial charge on any atom is 0.335 e. The first-order valence-electron chi connectivity index (χ1n) is 25.7. The second kappa shape index (κ2) is 31.7. The van der Waals surface area contributed by atoms with Crippen molar-refractivity contribution in [2.75, 3.05) is 34.4 Å². The highest BCUT2D eigenvalue weighted by molar-refractivity contribution is 5.72. The van der Waals surface area contributed by atoms with Gasteiger partial charge in [-0.25, -0.2) is 4.79 Å². The van der Waals surface area contributed by atoms with Crippen LogP contribution in [0.5, 0.6) is 0 Å². The molecule has 27 heteroatoms. The summed E-state index contributed by atoms with van der Waals surface area (Å²) in [5, 5.41) is 130. The number of carbonyl (C=O) groups excluding carboxylic acids is 3. The maximum absolute atomic E-state index is 12.9. The summed E-state index contributed by atoms with van der Waals surface area (Å²) in [6, 6.07) is -0.750. The molecule has 446 valence electrons. The van der Waals surface area contributed by atoms with E-state index in [9.17, 15) is 70.2 Å².